The maximum Gasteiger partial charge on any atom is 0.243 e. The van der Waals surface area contributed by atoms with E-state index in [0.29, 0.717) is 6.04 Å². The van der Waals surface area contributed by atoms with Crippen LogP contribution >= 0.6 is 0 Å². The van der Waals surface area contributed by atoms with E-state index in [1.807, 2.05) is 11.8 Å². The van der Waals surface area contributed by atoms with Gasteiger partial charge in [0, 0.05) is 12.6 Å². The molecule has 0 bridgehead atoms. The Morgan fingerprint density at radius 2 is 2.24 bits per heavy atom. The zero-order chi connectivity index (χ0) is 12.6. The minimum Gasteiger partial charge on any atom is -0.324 e. The lowest BCUT2D eigenvalue weighted by Gasteiger charge is -2.28. The summed E-state index contributed by atoms with van der Waals surface area (Å²) in [5.74, 6) is 0.271. The highest BCUT2D eigenvalue weighted by Crippen LogP contribution is 2.25. The number of carbonyl (C=O) groups excluding carboxylic acids is 1. The van der Waals surface area contributed by atoms with Crippen LogP contribution in [0.15, 0.2) is 0 Å². The van der Waals surface area contributed by atoms with Crippen molar-refractivity contribution in [1.82, 2.24) is 15.1 Å². The minimum absolute atomic E-state index is 0.168. The molecule has 4 nitrogen and oxygen atoms in total. The highest BCUT2D eigenvalue weighted by molar-refractivity contribution is 5.88. The van der Waals surface area contributed by atoms with Crippen molar-refractivity contribution < 1.29 is 4.79 Å². The summed E-state index contributed by atoms with van der Waals surface area (Å²) in [5, 5.41) is 3.43. The number of hydrogen-bond donors (Lipinski definition) is 1. The molecule has 0 aromatic rings. The molecule has 0 aromatic carbocycles. The molecule has 2 aliphatic heterocycles. The first-order chi connectivity index (χ1) is 7.98. The summed E-state index contributed by atoms with van der Waals surface area (Å²) in [7, 11) is 2.16. The second-order valence-electron chi connectivity index (χ2n) is 5.74. The molecule has 1 amide bonds. The molecule has 0 aliphatic carbocycles. The molecule has 2 saturated heterocycles. The van der Waals surface area contributed by atoms with Gasteiger partial charge in [-0.3, -0.25) is 10.1 Å². The lowest BCUT2D eigenvalue weighted by Crippen LogP contribution is -2.45. The van der Waals surface area contributed by atoms with Gasteiger partial charge in [-0.05, 0) is 46.7 Å². The van der Waals surface area contributed by atoms with E-state index in [0.717, 1.165) is 13.0 Å². The molecule has 3 atom stereocenters. The second kappa shape index (κ2) is 4.58. The maximum atomic E-state index is 12.4. The molecule has 0 radical (unpaired) electrons. The molecule has 2 fully saturated rings. The van der Waals surface area contributed by atoms with E-state index >= 15 is 0 Å². The van der Waals surface area contributed by atoms with Gasteiger partial charge in [-0.25, -0.2) is 0 Å². The van der Waals surface area contributed by atoms with E-state index in [2.05, 4.69) is 31.1 Å². The smallest absolute Gasteiger partial charge is 0.243 e. The van der Waals surface area contributed by atoms with Crippen LogP contribution in [0.3, 0.4) is 0 Å². The van der Waals surface area contributed by atoms with Gasteiger partial charge in [0.25, 0.3) is 0 Å². The van der Waals surface area contributed by atoms with E-state index in [4.69, 9.17) is 0 Å². The lowest BCUT2D eigenvalue weighted by atomic mass is 9.99. The quantitative estimate of drug-likeness (QED) is 0.799. The Kier molecular flexibility index (Phi) is 3.46. The third-order valence-corrected chi connectivity index (χ3v) is 4.51. The third-order valence-electron chi connectivity index (χ3n) is 4.51. The Balaban J connectivity index is 2.04. The van der Waals surface area contributed by atoms with Crippen LogP contribution in [0.1, 0.15) is 40.0 Å². The summed E-state index contributed by atoms with van der Waals surface area (Å²) in [4.78, 5) is 16.8. The normalized spacial score (nSPS) is 39.3. The van der Waals surface area contributed by atoms with Gasteiger partial charge >= 0.3 is 0 Å². The van der Waals surface area contributed by atoms with Crippen molar-refractivity contribution in [1.29, 1.82) is 0 Å². The fourth-order valence-electron chi connectivity index (χ4n) is 3.02. The maximum absolute atomic E-state index is 12.4. The van der Waals surface area contributed by atoms with E-state index in [-0.39, 0.29) is 17.6 Å². The van der Waals surface area contributed by atoms with Gasteiger partial charge in [0.2, 0.25) is 5.91 Å². The van der Waals surface area contributed by atoms with Crippen molar-refractivity contribution in [2.24, 2.45) is 0 Å². The Bertz CT molecular complexity index is 307. The molecule has 1 N–H and O–H groups in total. The van der Waals surface area contributed by atoms with E-state index in [1.54, 1.807) is 0 Å². The molecular formula is C13H25N3O. The Labute approximate surface area is 104 Å². The number of nitrogens with one attached hydrogen (secondary N) is 1. The monoisotopic (exact) mass is 239 g/mol. The van der Waals surface area contributed by atoms with Gasteiger partial charge in [-0.15, -0.1) is 0 Å². The average molecular weight is 239 g/mol. The summed E-state index contributed by atoms with van der Waals surface area (Å²) in [6.45, 7) is 8.22. The molecule has 0 saturated carbocycles. The predicted molar refractivity (Wildman–Crippen MR) is 68.7 cm³/mol. The Morgan fingerprint density at radius 3 is 2.71 bits per heavy atom. The molecule has 2 rings (SSSR count). The van der Waals surface area contributed by atoms with E-state index in [1.165, 1.54) is 19.4 Å². The second-order valence-corrected chi connectivity index (χ2v) is 5.74. The summed E-state index contributed by atoms with van der Waals surface area (Å²) in [6.07, 6.45) is 3.50. The fraction of sp³-hybridized carbons (Fsp3) is 0.923. The van der Waals surface area contributed by atoms with Crippen LogP contribution in [0.25, 0.3) is 0 Å². The first kappa shape index (κ1) is 12.8. The summed E-state index contributed by atoms with van der Waals surface area (Å²) < 4.78 is 0. The van der Waals surface area contributed by atoms with E-state index < -0.39 is 0 Å². The van der Waals surface area contributed by atoms with Crippen molar-refractivity contribution in [3.05, 3.63) is 0 Å². The fourth-order valence-corrected chi connectivity index (χ4v) is 3.02. The van der Waals surface area contributed by atoms with Gasteiger partial charge in [0.15, 0.2) is 0 Å². The molecule has 0 spiro atoms. The topological polar surface area (TPSA) is 35.6 Å². The van der Waals surface area contributed by atoms with Gasteiger partial charge in [-0.1, -0.05) is 6.92 Å². The van der Waals surface area contributed by atoms with Crippen molar-refractivity contribution in [2.45, 2.75) is 57.8 Å². The van der Waals surface area contributed by atoms with Crippen LogP contribution in [-0.2, 0) is 4.79 Å². The Morgan fingerprint density at radius 1 is 1.53 bits per heavy atom. The van der Waals surface area contributed by atoms with Crippen molar-refractivity contribution in [3.8, 4) is 0 Å². The van der Waals surface area contributed by atoms with Gasteiger partial charge in [0.1, 0.15) is 0 Å². The minimum atomic E-state index is -0.351. The van der Waals surface area contributed by atoms with Crippen LogP contribution in [0, 0.1) is 0 Å². The predicted octanol–water partition coefficient (Wildman–Crippen LogP) is 1.03. The molecule has 98 valence electrons. The van der Waals surface area contributed by atoms with E-state index in [9.17, 15) is 4.79 Å². The van der Waals surface area contributed by atoms with Crippen LogP contribution in [0.5, 0.6) is 0 Å². The highest BCUT2D eigenvalue weighted by Gasteiger charge is 2.45. The Hall–Kier alpha value is -0.610. The summed E-state index contributed by atoms with van der Waals surface area (Å²) >= 11 is 0. The number of hydrogen-bond acceptors (Lipinski definition) is 3. The van der Waals surface area contributed by atoms with Crippen molar-refractivity contribution in [3.63, 3.8) is 0 Å². The zero-order valence-electron chi connectivity index (χ0n) is 11.5. The standard InChI is InChI=1S/C13H25N3O/c1-5-13(3)12(17)16(10(2)14-13)9-11-7-6-8-15(11)4/h10-11,14H,5-9H2,1-4H3. The molecule has 17 heavy (non-hydrogen) atoms. The first-order valence-electron chi connectivity index (χ1n) is 6.77. The molecular weight excluding hydrogens is 214 g/mol. The first-order valence-corrected chi connectivity index (χ1v) is 6.77. The molecule has 0 aromatic heterocycles. The molecule has 2 aliphatic rings. The number of likely N-dealkylation sites (N-methyl/N-ethyl adjacent to an activating group) is 1. The van der Waals surface area contributed by atoms with Crippen LogP contribution < -0.4 is 5.32 Å². The molecule has 2 heterocycles. The summed E-state index contributed by atoms with van der Waals surface area (Å²) in [6, 6.07) is 0.544. The average Bonchev–Trinajstić information content (AvgIpc) is 2.78. The van der Waals surface area contributed by atoms with Gasteiger partial charge in [0.05, 0.1) is 11.7 Å². The lowest BCUT2D eigenvalue weighted by molar-refractivity contribution is -0.133. The summed E-state index contributed by atoms with van der Waals surface area (Å²) in [5.41, 5.74) is -0.351. The largest absolute Gasteiger partial charge is 0.324 e. The van der Waals surface area contributed by atoms with Gasteiger partial charge < -0.3 is 9.80 Å². The third kappa shape index (κ3) is 2.20. The van der Waals surface area contributed by atoms with Crippen molar-refractivity contribution >= 4 is 5.91 Å². The van der Waals surface area contributed by atoms with Crippen LogP contribution in [0.4, 0.5) is 0 Å². The SMILES string of the molecule is CCC1(C)NC(C)N(CC2CCCN2C)C1=O. The van der Waals surface area contributed by atoms with Crippen molar-refractivity contribution in [2.75, 3.05) is 20.1 Å². The molecule has 3 unspecified atom stereocenters. The van der Waals surface area contributed by atoms with Crippen LogP contribution in [0.2, 0.25) is 0 Å². The number of rotatable bonds is 3. The number of likely N-dealkylation sites (tertiary alicyclic amines) is 1. The number of nitrogens with zero attached hydrogens (tertiary/aromatic N) is 2. The van der Waals surface area contributed by atoms with Gasteiger partial charge in [-0.2, -0.15) is 0 Å². The van der Waals surface area contributed by atoms with Crippen LogP contribution in [-0.4, -0.2) is 53.6 Å². The highest BCUT2D eigenvalue weighted by atomic mass is 16.2. The zero-order valence-corrected chi connectivity index (χ0v) is 11.5. The molecule has 4 heteroatoms. The number of carbonyl (C=O) groups is 1. The number of amides is 1.